The molecule has 31 heavy (non-hydrogen) atoms. The quantitative estimate of drug-likeness (QED) is 0.491. The first kappa shape index (κ1) is 20.6. The summed E-state index contributed by atoms with van der Waals surface area (Å²) in [5.74, 6) is 1.16. The molecule has 0 aliphatic heterocycles. The van der Waals surface area contributed by atoms with Crippen molar-refractivity contribution >= 4 is 22.8 Å². The van der Waals surface area contributed by atoms with Crippen LogP contribution in [-0.4, -0.2) is 37.6 Å². The van der Waals surface area contributed by atoms with Gasteiger partial charge in [0.15, 0.2) is 11.5 Å². The van der Waals surface area contributed by atoms with Gasteiger partial charge in [0.05, 0.1) is 12.8 Å². The van der Waals surface area contributed by atoms with Crippen LogP contribution in [0.2, 0.25) is 0 Å². The number of hydrogen-bond donors (Lipinski definition) is 1. The number of methoxy groups -OCH3 is 1. The Hall–Kier alpha value is -3.68. The lowest BCUT2D eigenvalue weighted by atomic mass is 10.0. The molecule has 0 spiro atoms. The molecule has 3 heterocycles. The van der Waals surface area contributed by atoms with Gasteiger partial charge < -0.3 is 10.1 Å². The molecule has 4 aromatic rings. The second-order valence-corrected chi connectivity index (χ2v) is 7.47. The second-order valence-electron chi connectivity index (χ2n) is 7.47. The largest absolute Gasteiger partial charge is 0.497 e. The smallest absolute Gasteiger partial charge is 0.247 e. The molecule has 4 rings (SSSR count). The molecular weight excluding hydrogens is 392 g/mol. The summed E-state index contributed by atoms with van der Waals surface area (Å²) in [6.45, 7) is 6.89. The Morgan fingerprint density at radius 2 is 1.87 bits per heavy atom. The molecule has 0 atom stereocenters. The van der Waals surface area contributed by atoms with Gasteiger partial charge in [0, 0.05) is 29.9 Å². The third-order valence-electron chi connectivity index (χ3n) is 5.19. The summed E-state index contributed by atoms with van der Waals surface area (Å²) in [5, 5.41) is 12.8. The number of carbonyl (C=O) groups is 1. The SMILES string of the molecule is CCCn1nc(NC(=O)Cn2nc(C)c3c(-c4ccc(OC)cc4)ccnc32)cc1C. The van der Waals surface area contributed by atoms with Gasteiger partial charge >= 0.3 is 0 Å². The molecule has 8 heteroatoms. The summed E-state index contributed by atoms with van der Waals surface area (Å²) in [6.07, 6.45) is 2.73. The summed E-state index contributed by atoms with van der Waals surface area (Å²) in [7, 11) is 1.65. The maximum Gasteiger partial charge on any atom is 0.247 e. The number of rotatable bonds is 7. The molecule has 3 aromatic heterocycles. The molecule has 0 bridgehead atoms. The van der Waals surface area contributed by atoms with Gasteiger partial charge in [-0.25, -0.2) is 9.67 Å². The zero-order valence-corrected chi connectivity index (χ0v) is 18.2. The van der Waals surface area contributed by atoms with Crippen LogP contribution in [-0.2, 0) is 17.9 Å². The van der Waals surface area contributed by atoms with E-state index in [0.717, 1.165) is 46.6 Å². The number of ether oxygens (including phenoxy) is 1. The van der Waals surface area contributed by atoms with Crippen molar-refractivity contribution in [2.24, 2.45) is 0 Å². The van der Waals surface area contributed by atoms with Crippen molar-refractivity contribution in [1.82, 2.24) is 24.5 Å². The van der Waals surface area contributed by atoms with Crippen LogP contribution in [0, 0.1) is 13.8 Å². The van der Waals surface area contributed by atoms with Gasteiger partial charge in [-0.15, -0.1) is 0 Å². The van der Waals surface area contributed by atoms with Gasteiger partial charge in [-0.1, -0.05) is 19.1 Å². The molecule has 0 aliphatic carbocycles. The van der Waals surface area contributed by atoms with Crippen molar-refractivity contribution in [3.05, 3.63) is 54.0 Å². The number of nitrogens with zero attached hydrogens (tertiary/aromatic N) is 5. The lowest BCUT2D eigenvalue weighted by Gasteiger charge is -2.07. The van der Waals surface area contributed by atoms with Gasteiger partial charge in [0.1, 0.15) is 12.3 Å². The summed E-state index contributed by atoms with van der Waals surface area (Å²) in [6, 6.07) is 11.7. The van der Waals surface area contributed by atoms with E-state index in [1.807, 2.05) is 54.9 Å². The molecule has 0 unspecified atom stereocenters. The molecule has 8 nitrogen and oxygen atoms in total. The number of benzene rings is 1. The van der Waals surface area contributed by atoms with Crippen molar-refractivity contribution in [3.63, 3.8) is 0 Å². The highest BCUT2D eigenvalue weighted by Gasteiger charge is 2.17. The van der Waals surface area contributed by atoms with Gasteiger partial charge in [-0.2, -0.15) is 10.2 Å². The Morgan fingerprint density at radius 3 is 2.58 bits per heavy atom. The van der Waals surface area contributed by atoms with Crippen molar-refractivity contribution in [1.29, 1.82) is 0 Å². The molecule has 0 saturated carbocycles. The van der Waals surface area contributed by atoms with E-state index < -0.39 is 0 Å². The van der Waals surface area contributed by atoms with E-state index >= 15 is 0 Å². The fraction of sp³-hybridized carbons (Fsp3) is 0.304. The standard InChI is InChI=1S/C23H26N6O2/c1-5-12-28-15(2)13-20(27-28)25-21(30)14-29-23-22(16(3)26-29)19(10-11-24-23)17-6-8-18(31-4)9-7-17/h6-11,13H,5,12,14H2,1-4H3,(H,25,27,30). The number of nitrogens with one attached hydrogen (secondary N) is 1. The number of anilines is 1. The number of carbonyl (C=O) groups excluding carboxylic acids is 1. The molecule has 1 aromatic carbocycles. The van der Waals surface area contributed by atoms with Gasteiger partial charge in [-0.05, 0) is 49.6 Å². The first-order valence-electron chi connectivity index (χ1n) is 10.3. The van der Waals surface area contributed by atoms with Crippen LogP contribution in [0.5, 0.6) is 5.75 Å². The maximum atomic E-state index is 12.7. The Morgan fingerprint density at radius 1 is 1.10 bits per heavy atom. The van der Waals surface area contributed by atoms with E-state index in [-0.39, 0.29) is 12.5 Å². The number of aromatic nitrogens is 5. The third-order valence-corrected chi connectivity index (χ3v) is 5.19. The zero-order valence-electron chi connectivity index (χ0n) is 18.2. The topological polar surface area (TPSA) is 86.9 Å². The van der Waals surface area contributed by atoms with Gasteiger partial charge in [0.25, 0.3) is 0 Å². The minimum absolute atomic E-state index is 0.0586. The second kappa shape index (κ2) is 8.59. The van der Waals surface area contributed by atoms with Crippen LogP contribution in [0.25, 0.3) is 22.2 Å². The minimum Gasteiger partial charge on any atom is -0.497 e. The Kier molecular flexibility index (Phi) is 5.70. The van der Waals surface area contributed by atoms with Crippen molar-refractivity contribution < 1.29 is 9.53 Å². The number of amides is 1. The molecule has 0 saturated heterocycles. The van der Waals surface area contributed by atoms with Crippen LogP contribution in [0.3, 0.4) is 0 Å². The van der Waals surface area contributed by atoms with Gasteiger partial charge in [-0.3, -0.25) is 9.48 Å². The average Bonchev–Trinajstić information content (AvgIpc) is 3.27. The first-order valence-corrected chi connectivity index (χ1v) is 10.3. The summed E-state index contributed by atoms with van der Waals surface area (Å²) < 4.78 is 8.79. The average molecular weight is 419 g/mol. The number of fused-ring (bicyclic) bond motifs is 1. The zero-order chi connectivity index (χ0) is 22.0. The Balaban J connectivity index is 1.60. The van der Waals surface area contributed by atoms with Crippen LogP contribution >= 0.6 is 0 Å². The molecule has 1 N–H and O–H groups in total. The van der Waals surface area contributed by atoms with Crippen molar-refractivity contribution in [3.8, 4) is 16.9 Å². The van der Waals surface area contributed by atoms with Crippen LogP contribution < -0.4 is 10.1 Å². The minimum atomic E-state index is -0.192. The Labute approximate surface area is 180 Å². The molecule has 0 radical (unpaired) electrons. The lowest BCUT2D eigenvalue weighted by molar-refractivity contribution is -0.116. The molecule has 0 fully saturated rings. The maximum absolute atomic E-state index is 12.7. The van der Waals surface area contributed by atoms with E-state index in [9.17, 15) is 4.79 Å². The highest BCUT2D eigenvalue weighted by atomic mass is 16.5. The van der Waals surface area contributed by atoms with E-state index in [1.54, 1.807) is 18.0 Å². The van der Waals surface area contributed by atoms with Crippen molar-refractivity contribution in [2.45, 2.75) is 40.3 Å². The number of hydrogen-bond acceptors (Lipinski definition) is 5. The summed E-state index contributed by atoms with van der Waals surface area (Å²) in [5.41, 5.74) is 4.57. The molecule has 0 aliphatic rings. The molecule has 1 amide bonds. The molecular formula is C23H26N6O2. The number of aryl methyl sites for hydroxylation is 3. The lowest BCUT2D eigenvalue weighted by Crippen LogP contribution is -2.20. The predicted octanol–water partition coefficient (Wildman–Crippen LogP) is 3.97. The highest BCUT2D eigenvalue weighted by Crippen LogP contribution is 2.30. The predicted molar refractivity (Wildman–Crippen MR) is 120 cm³/mol. The summed E-state index contributed by atoms with van der Waals surface area (Å²) >= 11 is 0. The van der Waals surface area contributed by atoms with E-state index in [4.69, 9.17) is 4.74 Å². The Bertz CT molecular complexity index is 1220. The highest BCUT2D eigenvalue weighted by molar-refractivity contribution is 5.96. The van der Waals surface area contributed by atoms with Crippen LogP contribution in [0.15, 0.2) is 42.6 Å². The van der Waals surface area contributed by atoms with E-state index in [2.05, 4.69) is 27.4 Å². The van der Waals surface area contributed by atoms with Crippen LogP contribution in [0.1, 0.15) is 24.7 Å². The fourth-order valence-corrected chi connectivity index (χ4v) is 3.73. The third kappa shape index (κ3) is 4.14. The molecule has 160 valence electrons. The summed E-state index contributed by atoms with van der Waals surface area (Å²) in [4.78, 5) is 17.2. The fourth-order valence-electron chi connectivity index (χ4n) is 3.73. The van der Waals surface area contributed by atoms with Gasteiger partial charge in [0.2, 0.25) is 5.91 Å². The monoisotopic (exact) mass is 418 g/mol. The number of pyridine rings is 1. The van der Waals surface area contributed by atoms with E-state index in [0.29, 0.717) is 11.5 Å². The normalized spacial score (nSPS) is 11.1. The van der Waals surface area contributed by atoms with Crippen LogP contribution in [0.4, 0.5) is 5.82 Å². The van der Waals surface area contributed by atoms with Crippen molar-refractivity contribution in [2.75, 3.05) is 12.4 Å². The first-order chi connectivity index (χ1) is 15.0. The van der Waals surface area contributed by atoms with E-state index in [1.165, 1.54) is 0 Å².